The summed E-state index contributed by atoms with van der Waals surface area (Å²) in [5, 5.41) is 118. The van der Waals surface area contributed by atoms with E-state index in [9.17, 15) is 79.4 Å². The summed E-state index contributed by atoms with van der Waals surface area (Å²) in [7, 11) is 0. The molecule has 0 radical (unpaired) electrons. The number of nitrogens with one attached hydrogen (secondary N) is 5. The molecule has 3 aromatic carbocycles. The average molecular weight is 1360 g/mol. The molecule has 3 aliphatic rings. The number of hydrogen-bond acceptors (Lipinski definition) is 25. The molecule has 502 valence electrons. The van der Waals surface area contributed by atoms with Gasteiger partial charge in [0, 0.05) is 62.1 Å². The van der Waals surface area contributed by atoms with Crippen molar-refractivity contribution >= 4 is 70.9 Å². The largest absolute Gasteiger partial charge is 1.00 e. The van der Waals surface area contributed by atoms with Gasteiger partial charge in [0.2, 0.25) is 41.4 Å². The Hall–Kier alpha value is -7.42. The van der Waals surface area contributed by atoms with E-state index in [1.54, 1.807) is 29.2 Å². The Labute approximate surface area is 568 Å². The number of phenolic OH excluding ortho intramolecular Hbond substituents is 1. The molecular formula is C59H73N12NaO20S2. The van der Waals surface area contributed by atoms with Crippen molar-refractivity contribution in [2.75, 3.05) is 26.2 Å². The second-order valence-electron chi connectivity index (χ2n) is 22.8. The summed E-state index contributed by atoms with van der Waals surface area (Å²) >= 11 is 1.24. The summed E-state index contributed by atoms with van der Waals surface area (Å²) < 4.78 is 16.7. The molecule has 12 unspecified atom stereocenters. The van der Waals surface area contributed by atoms with E-state index < -0.39 is 177 Å². The number of aliphatic hydroxyl groups is 6. The second kappa shape index (κ2) is 34.3. The van der Waals surface area contributed by atoms with Gasteiger partial charge in [-0.2, -0.15) is 5.10 Å². The number of unbranched alkanes of at least 4 members (excludes halogenated alkanes) is 3. The number of fused-ring (bicyclic) bond motifs is 2. The molecule has 0 spiro atoms. The Morgan fingerprint density at radius 1 is 0.809 bits per heavy atom. The summed E-state index contributed by atoms with van der Waals surface area (Å²) in [5.74, 6) is -10.5. The van der Waals surface area contributed by atoms with Crippen LogP contribution in [0.1, 0.15) is 81.6 Å². The van der Waals surface area contributed by atoms with Crippen LogP contribution in [0.4, 0.5) is 0 Å². The Kier molecular flexibility index (Phi) is 27.0. The first kappa shape index (κ1) is 74.0. The Bertz CT molecular complexity index is 3440. The molecule has 0 saturated carbocycles. The molecule has 5 aromatic rings. The van der Waals surface area contributed by atoms with Crippen molar-refractivity contribution in [3.63, 3.8) is 0 Å². The molecular weight excluding hydrogens is 1280 g/mol. The summed E-state index contributed by atoms with van der Waals surface area (Å²) in [5.41, 5.74) is 7.49. The van der Waals surface area contributed by atoms with Crippen LogP contribution in [0.2, 0.25) is 0 Å². The molecule has 3 saturated heterocycles. The fourth-order valence-electron chi connectivity index (χ4n) is 10.9. The minimum absolute atomic E-state index is 0. The van der Waals surface area contributed by atoms with Crippen molar-refractivity contribution in [3.8, 4) is 44.1 Å². The fraction of sp³-hybridized carbons (Fsp3) is 0.475. The molecule has 13 atom stereocenters. The predicted molar refractivity (Wildman–Crippen MR) is 325 cm³/mol. The maximum atomic E-state index is 14.7. The maximum absolute atomic E-state index is 14.7. The summed E-state index contributed by atoms with van der Waals surface area (Å²) in [6.07, 6.45) is -5.91. The summed E-state index contributed by atoms with van der Waals surface area (Å²) in [4.78, 5) is 115. The molecule has 5 heterocycles. The van der Waals surface area contributed by atoms with E-state index in [0.717, 1.165) is 66.0 Å². The van der Waals surface area contributed by atoms with Gasteiger partial charge in [-0.3, -0.25) is 43.4 Å². The zero-order valence-corrected chi connectivity index (χ0v) is 55.1. The third kappa shape index (κ3) is 18.9. The fourth-order valence-corrected chi connectivity index (χ4v) is 11.9. The van der Waals surface area contributed by atoms with Gasteiger partial charge in [-0.25, -0.2) is 4.68 Å². The molecule has 3 fully saturated rings. The van der Waals surface area contributed by atoms with Crippen LogP contribution < -0.4 is 76.1 Å². The topological polar surface area (TPSA) is 474 Å². The minimum atomic E-state index is -2.23. The zero-order chi connectivity index (χ0) is 67.2. The van der Waals surface area contributed by atoms with Gasteiger partial charge in [0.25, 0.3) is 18.2 Å². The number of carbonyl (C=O) groups is 8. The van der Waals surface area contributed by atoms with Gasteiger partial charge in [-0.05, 0) is 67.4 Å². The van der Waals surface area contributed by atoms with Gasteiger partial charge in [0.05, 0.1) is 67.1 Å². The number of amides is 8. The monoisotopic (exact) mass is 1360 g/mol. The Balaban J connectivity index is 0.0000125. The number of primary amides is 1. The number of phenols is 1. The Morgan fingerprint density at radius 2 is 1.49 bits per heavy atom. The van der Waals surface area contributed by atoms with Crippen LogP contribution in [0.5, 0.6) is 17.2 Å². The van der Waals surface area contributed by atoms with E-state index in [1.807, 2.05) is 24.3 Å². The van der Waals surface area contributed by atoms with Gasteiger partial charge < -0.3 is 92.0 Å². The number of aliphatic hydroxyl groups excluding tert-OH is 6. The summed E-state index contributed by atoms with van der Waals surface area (Å²) in [6.45, 7) is 3.61. The van der Waals surface area contributed by atoms with Gasteiger partial charge >= 0.3 is 29.6 Å². The van der Waals surface area contributed by atoms with Crippen LogP contribution in [0.15, 0.2) is 79.1 Å². The van der Waals surface area contributed by atoms with Crippen molar-refractivity contribution in [1.29, 1.82) is 0 Å². The van der Waals surface area contributed by atoms with Crippen LogP contribution in [0.3, 0.4) is 0 Å². The molecule has 0 bridgehead atoms. The third-order valence-electron chi connectivity index (χ3n) is 15.8. The van der Waals surface area contributed by atoms with Crippen molar-refractivity contribution in [2.24, 2.45) is 11.7 Å². The van der Waals surface area contributed by atoms with Crippen LogP contribution in [-0.4, -0.2) is 212 Å². The van der Waals surface area contributed by atoms with Gasteiger partial charge in [-0.15, -0.1) is 14.5 Å². The quantitative estimate of drug-likeness (QED) is 0.0101. The molecule has 8 amide bonds. The third-order valence-corrected chi connectivity index (χ3v) is 17.2. The molecule has 94 heavy (non-hydrogen) atoms. The number of aromatic nitrogens is 4. The second-order valence-corrected chi connectivity index (χ2v) is 24.2. The number of aromatic hydroxyl groups is 1. The van der Waals surface area contributed by atoms with Crippen molar-refractivity contribution in [3.05, 3.63) is 90.3 Å². The number of rotatable bonds is 22. The van der Waals surface area contributed by atoms with E-state index in [4.69, 9.17) is 14.7 Å². The predicted octanol–water partition coefficient (Wildman–Crippen LogP) is -5.28. The van der Waals surface area contributed by atoms with E-state index >= 15 is 0 Å². The van der Waals surface area contributed by atoms with Crippen LogP contribution in [0.25, 0.3) is 26.8 Å². The van der Waals surface area contributed by atoms with Crippen LogP contribution in [-0.2, 0) is 49.4 Å². The van der Waals surface area contributed by atoms with E-state index in [-0.39, 0.29) is 58.8 Å². The van der Waals surface area contributed by atoms with Crippen molar-refractivity contribution < 1.29 is 127 Å². The molecule has 14 N–H and O–H groups in total. The molecule has 0 aliphatic carbocycles. The first-order chi connectivity index (χ1) is 44.4. The normalized spacial score (nSPS) is 24.2. The SMILES string of the molecule is CCCCCCOc1ccc(-n2cc(-c3nnc(-c4ccc(C(=O)N[C@H]5CC(O)CNC(=O)C6C(O)C(C)CN6C(=O)C(C(O)CC(N)=O)NC(=O)C(C(O)Cc6ccc(O)c(OSOO[O-])c6)NC(=O)C6CC(O)CN6C(=O)C(C(C)O)NC5=O)cc4)s3)cn2)cc1.[Na+]. The first-order valence-corrected chi connectivity index (χ1v) is 31.2. The molecule has 3 aliphatic heterocycles. The van der Waals surface area contributed by atoms with Crippen molar-refractivity contribution in [2.45, 2.75) is 145 Å². The molecule has 35 heteroatoms. The zero-order valence-electron chi connectivity index (χ0n) is 51.5. The molecule has 8 rings (SSSR count). The number of β-amino-alcohol motifs (C(OH)–C–C–N with tert-alkyl or cyclic N) is 1. The van der Waals surface area contributed by atoms with Gasteiger partial charge in [-0.1, -0.05) is 62.6 Å². The van der Waals surface area contributed by atoms with Crippen LogP contribution >= 0.6 is 23.7 Å². The number of hydrogen-bond donors (Lipinski definition) is 13. The number of nitrogens with zero attached hydrogens (tertiary/aromatic N) is 6. The standard InChI is InChI=1S/C59H74N12O20S2.Na/c1-4-5-6-7-18-88-38-15-13-35(14-16-38)71-27-34(24-62-71)57-68-67-56(92-57)33-11-9-32(10-12-33)51(80)63-39-21-36(73)25-61-55(84)49-50(79)29(2)26-70(49)59(86)48(43(77)23-45(60)78)66-54(83)47(42(76)19-31-8-17-41(75)44(20-31)89-93-91-90-87)65-53(82)40-22-37(74)28-69(40)58(85)46(30(3)72)64-52(39)81;/h8-17,20,24,27,29-30,36-37,39-40,42-43,46-50,72-77,79,87H,4-7,18-19,21-23,25-26,28H2,1-3H3,(H2,60,78)(H,61,84)(H,63,80)(H,64,81)(H,65,82)(H,66,83);/q;+1/p-1/t29?,30?,36?,37?,39-,40?,42?,43?,46?,47?,48?,49?,50?;/m0./s1. The Morgan fingerprint density at radius 3 is 2.17 bits per heavy atom. The molecule has 32 nitrogen and oxygen atoms in total. The summed E-state index contributed by atoms with van der Waals surface area (Å²) in [6, 6.07) is 5.22. The van der Waals surface area contributed by atoms with E-state index in [1.165, 1.54) is 36.5 Å². The van der Waals surface area contributed by atoms with Crippen LogP contribution in [0, 0.1) is 5.92 Å². The van der Waals surface area contributed by atoms with E-state index in [2.05, 4.69) is 58.2 Å². The van der Waals surface area contributed by atoms with Gasteiger partial charge in [0.1, 0.15) is 47.0 Å². The van der Waals surface area contributed by atoms with Gasteiger partial charge in [0.15, 0.2) is 16.5 Å². The number of carbonyl (C=O) groups excluding carboxylic acids is 8. The average Bonchev–Trinajstić information content (AvgIpc) is 1.62. The number of benzene rings is 3. The number of nitrogens with two attached hydrogens (primary N) is 1. The smallest absolute Gasteiger partial charge is 0.691 e. The van der Waals surface area contributed by atoms with Crippen molar-refractivity contribution in [1.82, 2.24) is 56.4 Å². The molecule has 2 aromatic heterocycles. The maximum Gasteiger partial charge on any atom is 1.00 e. The van der Waals surface area contributed by atoms with E-state index in [0.29, 0.717) is 27.7 Å². The first-order valence-electron chi connectivity index (χ1n) is 29.8. The number of ether oxygens (including phenoxy) is 1. The minimum Gasteiger partial charge on any atom is -0.691 e.